The minimum atomic E-state index is -0.269. The molecule has 0 radical (unpaired) electrons. The molecule has 3 aromatic rings. The Morgan fingerprint density at radius 1 is 0.962 bits per heavy atom. The summed E-state index contributed by atoms with van der Waals surface area (Å²) in [5.41, 5.74) is 2.95. The van der Waals surface area contributed by atoms with Crippen molar-refractivity contribution in [3.8, 4) is 0 Å². The van der Waals surface area contributed by atoms with Crippen LogP contribution in [0.2, 0.25) is 5.02 Å². The van der Waals surface area contributed by atoms with Gasteiger partial charge in [0.1, 0.15) is 11.5 Å². The van der Waals surface area contributed by atoms with Crippen molar-refractivity contribution in [2.45, 2.75) is 6.42 Å². The number of pyridine rings is 1. The van der Waals surface area contributed by atoms with Crippen LogP contribution in [0.5, 0.6) is 0 Å². The Hall–Kier alpha value is -2.92. The van der Waals surface area contributed by atoms with Gasteiger partial charge in [0.15, 0.2) is 0 Å². The van der Waals surface area contributed by atoms with E-state index < -0.39 is 0 Å². The first-order chi connectivity index (χ1) is 12.6. The van der Waals surface area contributed by atoms with Crippen LogP contribution in [0.15, 0.2) is 66.9 Å². The molecule has 0 fully saturated rings. The van der Waals surface area contributed by atoms with Crippen LogP contribution in [0, 0.1) is 5.82 Å². The number of carbonyl (C=O) groups excluding carboxylic acids is 1. The fourth-order valence-corrected chi connectivity index (χ4v) is 2.49. The molecule has 0 saturated carbocycles. The molecule has 0 saturated heterocycles. The second-order valence-electron chi connectivity index (χ2n) is 5.70. The Balaban J connectivity index is 1.51. The van der Waals surface area contributed by atoms with Gasteiger partial charge < -0.3 is 10.6 Å². The van der Waals surface area contributed by atoms with E-state index >= 15 is 0 Å². The van der Waals surface area contributed by atoms with Crippen molar-refractivity contribution in [2.75, 3.05) is 11.9 Å². The summed E-state index contributed by atoms with van der Waals surface area (Å²) in [5.74, 6) is -0.514. The number of hydrogen-bond acceptors (Lipinski definition) is 3. The lowest BCUT2D eigenvalue weighted by Gasteiger charge is -2.08. The summed E-state index contributed by atoms with van der Waals surface area (Å²) in [6, 6.07) is 17.0. The van der Waals surface area contributed by atoms with Crippen molar-refractivity contribution in [1.82, 2.24) is 10.3 Å². The number of aromatic nitrogens is 1. The molecule has 26 heavy (non-hydrogen) atoms. The Labute approximate surface area is 156 Å². The fraction of sp³-hybridized carbons (Fsp3) is 0.100. The molecule has 0 bridgehead atoms. The average molecular weight is 370 g/mol. The normalized spacial score (nSPS) is 10.4. The van der Waals surface area contributed by atoms with Gasteiger partial charge in [0.2, 0.25) is 0 Å². The van der Waals surface area contributed by atoms with Crippen molar-refractivity contribution in [2.24, 2.45) is 0 Å². The first kappa shape index (κ1) is 17.9. The van der Waals surface area contributed by atoms with Gasteiger partial charge in [0.05, 0.1) is 11.9 Å². The van der Waals surface area contributed by atoms with Crippen LogP contribution < -0.4 is 10.6 Å². The van der Waals surface area contributed by atoms with Gasteiger partial charge in [-0.3, -0.25) is 4.79 Å². The Morgan fingerprint density at radius 2 is 1.65 bits per heavy atom. The number of carbonyl (C=O) groups is 1. The van der Waals surface area contributed by atoms with Crippen LogP contribution in [-0.4, -0.2) is 17.4 Å². The van der Waals surface area contributed by atoms with Crippen molar-refractivity contribution in [3.05, 3.63) is 89.0 Å². The molecule has 0 aliphatic carbocycles. The van der Waals surface area contributed by atoms with Gasteiger partial charge in [-0.05, 0) is 60.5 Å². The third kappa shape index (κ3) is 5.04. The number of anilines is 2. The molecule has 1 heterocycles. The minimum Gasteiger partial charge on any atom is -0.354 e. The smallest absolute Gasteiger partial charge is 0.269 e. The van der Waals surface area contributed by atoms with Crippen molar-refractivity contribution < 1.29 is 9.18 Å². The quantitative estimate of drug-likeness (QED) is 0.668. The predicted octanol–water partition coefficient (Wildman–Crippen LogP) is 4.59. The molecular weight excluding hydrogens is 353 g/mol. The number of benzene rings is 2. The predicted molar refractivity (Wildman–Crippen MR) is 101 cm³/mol. The highest BCUT2D eigenvalue weighted by atomic mass is 35.5. The highest BCUT2D eigenvalue weighted by Gasteiger charge is 2.07. The number of halogens is 2. The number of nitrogens with zero attached hydrogens (tertiary/aromatic N) is 1. The van der Waals surface area contributed by atoms with E-state index in [0.29, 0.717) is 23.7 Å². The fourth-order valence-electron chi connectivity index (χ4n) is 2.36. The van der Waals surface area contributed by atoms with Gasteiger partial charge in [0, 0.05) is 17.3 Å². The molecular formula is C20H17ClFN3O. The lowest BCUT2D eigenvalue weighted by atomic mass is 10.1. The first-order valence-corrected chi connectivity index (χ1v) is 8.49. The highest BCUT2D eigenvalue weighted by Crippen LogP contribution is 2.18. The van der Waals surface area contributed by atoms with Crippen LogP contribution in [0.1, 0.15) is 16.1 Å². The van der Waals surface area contributed by atoms with E-state index in [1.807, 2.05) is 12.1 Å². The second-order valence-corrected chi connectivity index (χ2v) is 6.13. The summed E-state index contributed by atoms with van der Waals surface area (Å²) in [6.07, 6.45) is 2.23. The van der Waals surface area contributed by atoms with E-state index in [4.69, 9.17) is 11.6 Å². The van der Waals surface area contributed by atoms with Gasteiger partial charge >= 0.3 is 0 Å². The summed E-state index contributed by atoms with van der Waals surface area (Å²) in [5, 5.41) is 6.66. The Morgan fingerprint density at radius 3 is 2.31 bits per heavy atom. The molecule has 0 unspecified atom stereocenters. The maximum absolute atomic E-state index is 12.9. The number of nitrogens with one attached hydrogen (secondary N) is 2. The SMILES string of the molecule is O=C(NCCc1ccc(F)cc1)c1ccc(Nc2ccc(Cl)cc2)cn1. The molecule has 2 N–H and O–H groups in total. The molecule has 0 atom stereocenters. The lowest BCUT2D eigenvalue weighted by Crippen LogP contribution is -2.26. The molecule has 0 spiro atoms. The van der Waals surface area contributed by atoms with Gasteiger partial charge in [-0.1, -0.05) is 23.7 Å². The van der Waals surface area contributed by atoms with Crippen molar-refractivity contribution in [1.29, 1.82) is 0 Å². The monoisotopic (exact) mass is 369 g/mol. The zero-order valence-electron chi connectivity index (χ0n) is 13.9. The van der Waals surface area contributed by atoms with Gasteiger partial charge in [0.25, 0.3) is 5.91 Å². The first-order valence-electron chi connectivity index (χ1n) is 8.11. The van der Waals surface area contributed by atoms with E-state index in [1.165, 1.54) is 12.1 Å². The third-order valence-electron chi connectivity index (χ3n) is 3.74. The molecule has 3 rings (SSSR count). The number of rotatable bonds is 6. The highest BCUT2D eigenvalue weighted by molar-refractivity contribution is 6.30. The summed E-state index contributed by atoms with van der Waals surface area (Å²) in [7, 11) is 0. The largest absolute Gasteiger partial charge is 0.354 e. The minimum absolute atomic E-state index is 0.245. The number of hydrogen-bond donors (Lipinski definition) is 2. The Bertz CT molecular complexity index is 865. The maximum atomic E-state index is 12.9. The summed E-state index contributed by atoms with van der Waals surface area (Å²) < 4.78 is 12.9. The van der Waals surface area contributed by atoms with Crippen LogP contribution >= 0.6 is 11.6 Å². The summed E-state index contributed by atoms with van der Waals surface area (Å²) >= 11 is 5.86. The van der Waals surface area contributed by atoms with Gasteiger partial charge in [-0.25, -0.2) is 9.37 Å². The van der Waals surface area contributed by atoms with Crippen LogP contribution in [0.3, 0.4) is 0 Å². The number of amides is 1. The molecule has 2 aromatic carbocycles. The van der Waals surface area contributed by atoms with E-state index in [9.17, 15) is 9.18 Å². The topological polar surface area (TPSA) is 54.0 Å². The molecule has 132 valence electrons. The van der Waals surface area contributed by atoms with Crippen LogP contribution in [-0.2, 0) is 6.42 Å². The van der Waals surface area contributed by atoms with Crippen LogP contribution in [0.4, 0.5) is 15.8 Å². The average Bonchev–Trinajstić information content (AvgIpc) is 2.66. The van der Waals surface area contributed by atoms with E-state index in [1.54, 1.807) is 42.6 Å². The van der Waals surface area contributed by atoms with E-state index in [-0.39, 0.29) is 11.7 Å². The van der Waals surface area contributed by atoms with Crippen molar-refractivity contribution >= 4 is 28.9 Å². The van der Waals surface area contributed by atoms with Crippen molar-refractivity contribution in [3.63, 3.8) is 0 Å². The maximum Gasteiger partial charge on any atom is 0.269 e. The van der Waals surface area contributed by atoms with Crippen LogP contribution in [0.25, 0.3) is 0 Å². The molecule has 0 aliphatic heterocycles. The lowest BCUT2D eigenvalue weighted by molar-refractivity contribution is 0.0949. The third-order valence-corrected chi connectivity index (χ3v) is 3.99. The van der Waals surface area contributed by atoms with E-state index in [2.05, 4.69) is 15.6 Å². The zero-order valence-corrected chi connectivity index (χ0v) is 14.6. The molecule has 1 aromatic heterocycles. The molecule has 4 nitrogen and oxygen atoms in total. The summed E-state index contributed by atoms with van der Waals surface area (Å²) in [4.78, 5) is 16.3. The van der Waals surface area contributed by atoms with E-state index in [0.717, 1.165) is 16.9 Å². The zero-order chi connectivity index (χ0) is 18.4. The molecule has 6 heteroatoms. The molecule has 0 aliphatic rings. The van der Waals surface area contributed by atoms with Gasteiger partial charge in [-0.15, -0.1) is 0 Å². The molecule has 1 amide bonds. The van der Waals surface area contributed by atoms with Gasteiger partial charge in [-0.2, -0.15) is 0 Å². The summed E-state index contributed by atoms with van der Waals surface area (Å²) in [6.45, 7) is 0.455. The second kappa shape index (κ2) is 8.45. The standard InChI is InChI=1S/C20H17ClFN3O/c21-15-3-7-17(8-4-15)25-18-9-10-19(24-13-18)20(26)23-12-11-14-1-5-16(22)6-2-14/h1-10,13,25H,11-12H2,(H,23,26). The Kier molecular flexibility index (Phi) is 5.81.